The summed E-state index contributed by atoms with van der Waals surface area (Å²) in [5.74, 6) is 0.425. The quantitative estimate of drug-likeness (QED) is 0.505. The van der Waals surface area contributed by atoms with Crippen LogP contribution in [0.1, 0.15) is 16.7 Å². The van der Waals surface area contributed by atoms with Gasteiger partial charge in [0, 0.05) is 10.9 Å². The van der Waals surface area contributed by atoms with Gasteiger partial charge in [-0.05, 0) is 36.6 Å². The lowest BCUT2D eigenvalue weighted by molar-refractivity contribution is 0.823. The fourth-order valence-corrected chi connectivity index (χ4v) is 3.82. The van der Waals surface area contributed by atoms with E-state index in [4.69, 9.17) is 10.7 Å². The van der Waals surface area contributed by atoms with Gasteiger partial charge in [0.25, 0.3) is 0 Å². The maximum atomic E-state index is 6.11. The lowest BCUT2D eigenvalue weighted by atomic mass is 9.98. The summed E-state index contributed by atoms with van der Waals surface area (Å²) < 4.78 is 1.99. The number of aryl methyl sites for hydroxylation is 2. The Morgan fingerprint density at radius 1 is 0.931 bits per heavy atom. The van der Waals surface area contributed by atoms with E-state index < -0.39 is 0 Å². The molecule has 29 heavy (non-hydrogen) atoms. The summed E-state index contributed by atoms with van der Waals surface area (Å²) in [6, 6.07) is 16.8. The largest absolute Gasteiger partial charge is 0.382 e. The molecule has 5 rings (SSSR count). The molecule has 2 aromatic carbocycles. The molecular formula is C23H20N6. The van der Waals surface area contributed by atoms with E-state index in [0.717, 1.165) is 38.8 Å². The number of rotatable bonds is 3. The molecule has 0 radical (unpaired) electrons. The number of aromatic nitrogens is 5. The molecule has 0 atom stereocenters. The van der Waals surface area contributed by atoms with Crippen molar-refractivity contribution in [3.8, 4) is 11.3 Å². The van der Waals surface area contributed by atoms with Gasteiger partial charge in [-0.3, -0.25) is 0 Å². The number of anilines is 1. The molecule has 5 aromatic rings. The van der Waals surface area contributed by atoms with Crippen molar-refractivity contribution in [1.29, 1.82) is 0 Å². The Labute approximate surface area is 168 Å². The molecule has 6 nitrogen and oxygen atoms in total. The van der Waals surface area contributed by atoms with Crippen molar-refractivity contribution >= 4 is 27.9 Å². The molecule has 0 fully saturated rings. The lowest BCUT2D eigenvalue weighted by Gasteiger charge is -2.15. The van der Waals surface area contributed by atoms with Gasteiger partial charge in [-0.15, -0.1) is 0 Å². The molecule has 0 aliphatic carbocycles. The first kappa shape index (κ1) is 17.3. The van der Waals surface area contributed by atoms with Crippen molar-refractivity contribution in [2.75, 3.05) is 5.73 Å². The molecule has 0 spiro atoms. The Morgan fingerprint density at radius 3 is 2.62 bits per heavy atom. The SMILES string of the molecule is Cc1ccccc1-c1nc2c(C)cccc2cc1Cn1cnc2ncnc(N)c21. The van der Waals surface area contributed by atoms with E-state index >= 15 is 0 Å². The first-order valence-electron chi connectivity index (χ1n) is 9.48. The fourth-order valence-electron chi connectivity index (χ4n) is 3.82. The molecule has 3 aromatic heterocycles. The van der Waals surface area contributed by atoms with Gasteiger partial charge < -0.3 is 10.3 Å². The zero-order chi connectivity index (χ0) is 20.0. The maximum Gasteiger partial charge on any atom is 0.182 e. The van der Waals surface area contributed by atoms with Crippen LogP contribution in [0, 0.1) is 13.8 Å². The van der Waals surface area contributed by atoms with Crippen molar-refractivity contribution in [1.82, 2.24) is 24.5 Å². The van der Waals surface area contributed by atoms with E-state index in [0.29, 0.717) is 18.0 Å². The first-order chi connectivity index (χ1) is 14.1. The summed E-state index contributed by atoms with van der Waals surface area (Å²) in [6.07, 6.45) is 3.20. The third kappa shape index (κ3) is 2.89. The molecule has 0 amide bonds. The summed E-state index contributed by atoms with van der Waals surface area (Å²) in [7, 11) is 0. The zero-order valence-corrected chi connectivity index (χ0v) is 16.3. The van der Waals surface area contributed by atoms with Gasteiger partial charge in [0.15, 0.2) is 11.5 Å². The Morgan fingerprint density at radius 2 is 1.76 bits per heavy atom. The average Bonchev–Trinajstić information content (AvgIpc) is 3.13. The number of nitrogen functional groups attached to an aromatic ring is 1. The highest BCUT2D eigenvalue weighted by atomic mass is 15.1. The Kier molecular flexibility index (Phi) is 3.98. The lowest BCUT2D eigenvalue weighted by Crippen LogP contribution is -2.05. The molecule has 0 bridgehead atoms. The predicted octanol–water partition coefficient (Wildman–Crippen LogP) is 4.29. The standard InChI is InChI=1S/C23H20N6/c1-14-6-3-4-9-18(14)20-17(10-16-8-5-7-15(2)19(16)28-20)11-29-13-27-23-21(29)22(24)25-12-26-23/h3-10,12-13H,11H2,1-2H3,(H2,24,25,26). The summed E-state index contributed by atoms with van der Waals surface area (Å²) in [6.45, 7) is 4.79. The number of nitrogens with two attached hydrogens (primary N) is 1. The van der Waals surface area contributed by atoms with Crippen molar-refractivity contribution in [3.63, 3.8) is 0 Å². The van der Waals surface area contributed by atoms with Crippen LogP contribution in [0.4, 0.5) is 5.82 Å². The van der Waals surface area contributed by atoms with E-state index in [-0.39, 0.29) is 0 Å². The van der Waals surface area contributed by atoms with Crippen LogP contribution >= 0.6 is 0 Å². The molecule has 0 aliphatic heterocycles. The minimum Gasteiger partial charge on any atom is -0.382 e. The second-order valence-corrected chi connectivity index (χ2v) is 7.26. The van der Waals surface area contributed by atoms with Crippen molar-refractivity contribution in [2.24, 2.45) is 0 Å². The smallest absolute Gasteiger partial charge is 0.182 e. The number of nitrogens with zero attached hydrogens (tertiary/aromatic N) is 5. The molecule has 3 heterocycles. The van der Waals surface area contributed by atoms with Crippen LogP contribution in [0.5, 0.6) is 0 Å². The monoisotopic (exact) mass is 380 g/mol. The van der Waals surface area contributed by atoms with Gasteiger partial charge in [0.05, 0.1) is 24.1 Å². The second kappa shape index (κ2) is 6.67. The van der Waals surface area contributed by atoms with Crippen LogP contribution < -0.4 is 5.73 Å². The number of benzene rings is 2. The second-order valence-electron chi connectivity index (χ2n) is 7.26. The van der Waals surface area contributed by atoms with Crippen LogP contribution in [0.3, 0.4) is 0 Å². The normalized spacial score (nSPS) is 11.4. The minimum atomic E-state index is 0.425. The summed E-state index contributed by atoms with van der Waals surface area (Å²) in [5, 5.41) is 1.12. The zero-order valence-electron chi connectivity index (χ0n) is 16.3. The third-order valence-electron chi connectivity index (χ3n) is 5.31. The van der Waals surface area contributed by atoms with Gasteiger partial charge in [0.1, 0.15) is 11.8 Å². The van der Waals surface area contributed by atoms with Crippen molar-refractivity contribution < 1.29 is 0 Å². The van der Waals surface area contributed by atoms with Crippen LogP contribution in [0.15, 0.2) is 61.2 Å². The highest BCUT2D eigenvalue weighted by Gasteiger charge is 2.15. The van der Waals surface area contributed by atoms with Crippen LogP contribution in [-0.2, 0) is 6.54 Å². The predicted molar refractivity (Wildman–Crippen MR) is 115 cm³/mol. The molecule has 0 aliphatic rings. The van der Waals surface area contributed by atoms with Gasteiger partial charge in [-0.2, -0.15) is 0 Å². The number of pyridine rings is 1. The first-order valence-corrected chi connectivity index (χ1v) is 9.48. The number of para-hydroxylation sites is 1. The van der Waals surface area contributed by atoms with E-state index in [1.54, 1.807) is 6.33 Å². The number of hydrogen-bond acceptors (Lipinski definition) is 5. The number of hydrogen-bond donors (Lipinski definition) is 1. The number of imidazole rings is 1. The molecule has 2 N–H and O–H groups in total. The average molecular weight is 380 g/mol. The van der Waals surface area contributed by atoms with E-state index in [1.807, 2.05) is 16.7 Å². The van der Waals surface area contributed by atoms with Crippen molar-refractivity contribution in [2.45, 2.75) is 20.4 Å². The molecule has 0 unspecified atom stereocenters. The third-order valence-corrected chi connectivity index (χ3v) is 5.31. The Balaban J connectivity index is 1.75. The molecule has 6 heteroatoms. The van der Waals surface area contributed by atoms with E-state index in [9.17, 15) is 0 Å². The van der Waals surface area contributed by atoms with Crippen LogP contribution in [0.25, 0.3) is 33.3 Å². The van der Waals surface area contributed by atoms with Crippen LogP contribution in [-0.4, -0.2) is 24.5 Å². The molecule has 142 valence electrons. The van der Waals surface area contributed by atoms with E-state index in [1.165, 1.54) is 11.9 Å². The highest BCUT2D eigenvalue weighted by Crippen LogP contribution is 2.30. The summed E-state index contributed by atoms with van der Waals surface area (Å²) in [5.41, 5.74) is 14.0. The summed E-state index contributed by atoms with van der Waals surface area (Å²) >= 11 is 0. The van der Waals surface area contributed by atoms with Crippen molar-refractivity contribution in [3.05, 3.63) is 77.9 Å². The molecular weight excluding hydrogens is 360 g/mol. The van der Waals surface area contributed by atoms with Gasteiger partial charge in [0.2, 0.25) is 0 Å². The van der Waals surface area contributed by atoms with E-state index in [2.05, 4.69) is 65.2 Å². The van der Waals surface area contributed by atoms with Gasteiger partial charge in [-0.25, -0.2) is 19.9 Å². The Hall–Kier alpha value is -3.80. The number of fused-ring (bicyclic) bond motifs is 2. The minimum absolute atomic E-state index is 0.425. The highest BCUT2D eigenvalue weighted by molar-refractivity contribution is 5.87. The van der Waals surface area contributed by atoms with Gasteiger partial charge >= 0.3 is 0 Å². The summed E-state index contributed by atoms with van der Waals surface area (Å²) in [4.78, 5) is 17.8. The molecule has 0 saturated carbocycles. The molecule has 0 saturated heterocycles. The maximum absolute atomic E-state index is 6.11. The fraction of sp³-hybridized carbons (Fsp3) is 0.130. The topological polar surface area (TPSA) is 82.5 Å². The van der Waals surface area contributed by atoms with Crippen LogP contribution in [0.2, 0.25) is 0 Å². The Bertz CT molecular complexity index is 1370. The van der Waals surface area contributed by atoms with Gasteiger partial charge in [-0.1, -0.05) is 42.5 Å².